The number of carbonyl (C=O) groups excluding carboxylic acids is 1. The van der Waals surface area contributed by atoms with E-state index in [1.54, 1.807) is 43.9 Å². The topological polar surface area (TPSA) is 90.6 Å². The zero-order chi connectivity index (χ0) is 22.7. The van der Waals surface area contributed by atoms with E-state index in [2.05, 4.69) is 20.4 Å². The van der Waals surface area contributed by atoms with Crippen LogP contribution in [0.25, 0.3) is 16.9 Å². The first kappa shape index (κ1) is 21.2. The Kier molecular flexibility index (Phi) is 5.98. The molecule has 4 rings (SSSR count). The van der Waals surface area contributed by atoms with E-state index in [1.165, 1.54) is 12.1 Å². The molecule has 1 N–H and O–H groups in total. The van der Waals surface area contributed by atoms with Gasteiger partial charge in [0.25, 0.3) is 5.91 Å². The molecule has 2 aromatic heterocycles. The van der Waals surface area contributed by atoms with Crippen LogP contribution in [0.2, 0.25) is 0 Å². The number of hydrogen-bond acceptors (Lipinski definition) is 6. The molecule has 0 saturated carbocycles. The van der Waals surface area contributed by atoms with Crippen LogP contribution in [0, 0.1) is 5.82 Å². The first-order valence-electron chi connectivity index (χ1n) is 10.0. The molecule has 0 bridgehead atoms. The highest BCUT2D eigenvalue weighted by molar-refractivity contribution is 5.81. The van der Waals surface area contributed by atoms with Crippen molar-refractivity contribution in [1.82, 2.24) is 24.9 Å². The van der Waals surface area contributed by atoms with Gasteiger partial charge in [0.1, 0.15) is 12.1 Å². The fourth-order valence-electron chi connectivity index (χ4n) is 3.10. The summed E-state index contributed by atoms with van der Waals surface area (Å²) in [4.78, 5) is 21.4. The summed E-state index contributed by atoms with van der Waals surface area (Å²) < 4.78 is 25.9. The predicted molar refractivity (Wildman–Crippen MR) is 116 cm³/mol. The number of ether oxygens (including phenoxy) is 2. The summed E-state index contributed by atoms with van der Waals surface area (Å²) in [7, 11) is 1.61. The van der Waals surface area contributed by atoms with Crippen molar-refractivity contribution in [3.63, 3.8) is 0 Å². The normalized spacial score (nSPS) is 12.9. The molecule has 0 radical (unpaired) electrons. The number of amides is 1. The van der Waals surface area contributed by atoms with E-state index in [4.69, 9.17) is 9.47 Å². The quantitative estimate of drug-likeness (QED) is 0.477. The fraction of sp³-hybridized carbons (Fsp3) is 0.217. The van der Waals surface area contributed by atoms with E-state index in [-0.39, 0.29) is 5.75 Å². The third-order valence-electron chi connectivity index (χ3n) is 4.89. The van der Waals surface area contributed by atoms with Gasteiger partial charge in [-0.3, -0.25) is 4.79 Å². The molecule has 0 spiro atoms. The number of hydrogen-bond donors (Lipinski definition) is 1. The van der Waals surface area contributed by atoms with Gasteiger partial charge in [-0.25, -0.2) is 18.9 Å². The Bertz CT molecular complexity index is 1240. The highest BCUT2D eigenvalue weighted by Crippen LogP contribution is 2.22. The van der Waals surface area contributed by atoms with Gasteiger partial charge in [-0.15, -0.1) is 5.10 Å². The molecule has 1 unspecified atom stereocenters. The SMILES string of the molecule is COc1ccc(-c2cc3nc([C@@H](C)NC(=O)C(C)Oc4ccccc4F)nn3cn2)cc1. The summed E-state index contributed by atoms with van der Waals surface area (Å²) in [6.45, 7) is 3.32. The first-order valence-corrected chi connectivity index (χ1v) is 10.0. The van der Waals surface area contributed by atoms with Crippen molar-refractivity contribution in [2.45, 2.75) is 26.0 Å². The van der Waals surface area contributed by atoms with E-state index in [1.807, 2.05) is 30.3 Å². The number of rotatable bonds is 7. The number of carbonyl (C=O) groups is 1. The standard InChI is InChI=1S/C23H22FN5O3/c1-14(26-23(30)15(2)32-20-7-5-4-6-18(20)24)22-27-21-12-19(25-13-29(21)28-22)16-8-10-17(31-3)11-9-16/h4-15H,1-3H3,(H,26,30)/t14-,15?/m1/s1. The zero-order valence-corrected chi connectivity index (χ0v) is 17.8. The molecule has 0 aliphatic rings. The van der Waals surface area contributed by atoms with E-state index in [0.29, 0.717) is 11.5 Å². The van der Waals surface area contributed by atoms with Gasteiger partial charge in [0.15, 0.2) is 29.1 Å². The van der Waals surface area contributed by atoms with Crippen LogP contribution in [0.15, 0.2) is 60.9 Å². The summed E-state index contributed by atoms with van der Waals surface area (Å²) >= 11 is 0. The lowest BCUT2D eigenvalue weighted by Gasteiger charge is -2.17. The van der Waals surface area contributed by atoms with E-state index >= 15 is 0 Å². The lowest BCUT2D eigenvalue weighted by molar-refractivity contribution is -0.128. The molecule has 8 nitrogen and oxygen atoms in total. The first-order chi connectivity index (χ1) is 15.4. The van der Waals surface area contributed by atoms with Crippen LogP contribution in [0.4, 0.5) is 4.39 Å². The van der Waals surface area contributed by atoms with E-state index in [9.17, 15) is 9.18 Å². The Balaban J connectivity index is 1.46. The molecule has 4 aromatic rings. The lowest BCUT2D eigenvalue weighted by Crippen LogP contribution is -2.38. The second-order valence-electron chi connectivity index (χ2n) is 7.20. The molecule has 0 saturated heterocycles. The van der Waals surface area contributed by atoms with Crippen molar-refractivity contribution >= 4 is 11.6 Å². The summed E-state index contributed by atoms with van der Waals surface area (Å²) in [6.07, 6.45) is 0.679. The molecule has 0 aliphatic carbocycles. The zero-order valence-electron chi connectivity index (χ0n) is 17.8. The average Bonchev–Trinajstić information content (AvgIpc) is 3.24. The Morgan fingerprint density at radius 3 is 2.59 bits per heavy atom. The van der Waals surface area contributed by atoms with Gasteiger partial charge in [-0.2, -0.15) is 0 Å². The Morgan fingerprint density at radius 2 is 1.88 bits per heavy atom. The van der Waals surface area contributed by atoms with Gasteiger partial charge in [-0.1, -0.05) is 12.1 Å². The van der Waals surface area contributed by atoms with E-state index < -0.39 is 23.9 Å². The molecule has 2 aromatic carbocycles. The average molecular weight is 435 g/mol. The van der Waals surface area contributed by atoms with Crippen LogP contribution in [0.3, 0.4) is 0 Å². The summed E-state index contributed by atoms with van der Waals surface area (Å²) in [5, 5.41) is 7.19. The molecule has 2 atom stereocenters. The summed E-state index contributed by atoms with van der Waals surface area (Å²) in [5.74, 6) is 0.271. The molecular weight excluding hydrogens is 413 g/mol. The maximum atomic E-state index is 13.8. The predicted octanol–water partition coefficient (Wildman–Crippen LogP) is 3.58. The third kappa shape index (κ3) is 4.51. The minimum Gasteiger partial charge on any atom is -0.497 e. The monoisotopic (exact) mass is 435 g/mol. The minimum absolute atomic E-state index is 0.0193. The summed E-state index contributed by atoms with van der Waals surface area (Å²) in [5.41, 5.74) is 2.25. The minimum atomic E-state index is -0.894. The molecule has 32 heavy (non-hydrogen) atoms. The second-order valence-corrected chi connectivity index (χ2v) is 7.20. The smallest absolute Gasteiger partial charge is 0.261 e. The van der Waals surface area contributed by atoms with Gasteiger partial charge < -0.3 is 14.8 Å². The number of halogens is 1. The van der Waals surface area contributed by atoms with Crippen molar-refractivity contribution in [3.05, 3.63) is 72.6 Å². The third-order valence-corrected chi connectivity index (χ3v) is 4.89. The number of para-hydroxylation sites is 1. The number of benzene rings is 2. The molecule has 0 aliphatic heterocycles. The highest BCUT2D eigenvalue weighted by atomic mass is 19.1. The second kappa shape index (κ2) is 9.01. The number of nitrogens with one attached hydrogen (secondary N) is 1. The number of aromatic nitrogens is 4. The van der Waals surface area contributed by atoms with Crippen molar-refractivity contribution in [3.8, 4) is 22.8 Å². The van der Waals surface area contributed by atoms with Crippen molar-refractivity contribution in [2.75, 3.05) is 7.11 Å². The Labute approximate surface area is 184 Å². The van der Waals surface area contributed by atoms with Crippen molar-refractivity contribution in [1.29, 1.82) is 0 Å². The van der Waals surface area contributed by atoms with E-state index in [0.717, 1.165) is 17.0 Å². The van der Waals surface area contributed by atoms with Gasteiger partial charge in [0.05, 0.1) is 18.8 Å². The molecular formula is C23H22FN5O3. The van der Waals surface area contributed by atoms with Crippen LogP contribution in [0.5, 0.6) is 11.5 Å². The molecule has 164 valence electrons. The molecule has 1 amide bonds. The summed E-state index contributed by atoms with van der Waals surface area (Å²) in [6, 6.07) is 14.8. The maximum Gasteiger partial charge on any atom is 0.261 e. The van der Waals surface area contributed by atoms with Crippen LogP contribution < -0.4 is 14.8 Å². The number of nitrogens with zero attached hydrogens (tertiary/aromatic N) is 4. The molecule has 9 heteroatoms. The fourth-order valence-corrected chi connectivity index (χ4v) is 3.10. The van der Waals surface area contributed by atoms with Crippen molar-refractivity contribution in [2.24, 2.45) is 0 Å². The highest BCUT2D eigenvalue weighted by Gasteiger charge is 2.21. The van der Waals surface area contributed by atoms with Gasteiger partial charge in [0, 0.05) is 11.6 Å². The molecule has 2 heterocycles. The van der Waals surface area contributed by atoms with Gasteiger partial charge in [-0.05, 0) is 50.2 Å². The van der Waals surface area contributed by atoms with Crippen LogP contribution in [-0.2, 0) is 4.79 Å². The molecule has 0 fully saturated rings. The lowest BCUT2D eigenvalue weighted by atomic mass is 10.1. The van der Waals surface area contributed by atoms with Crippen molar-refractivity contribution < 1.29 is 18.7 Å². The van der Waals surface area contributed by atoms with Crippen LogP contribution in [-0.4, -0.2) is 38.7 Å². The van der Waals surface area contributed by atoms with Crippen LogP contribution in [0.1, 0.15) is 25.7 Å². The largest absolute Gasteiger partial charge is 0.497 e. The van der Waals surface area contributed by atoms with Crippen LogP contribution >= 0.6 is 0 Å². The maximum absolute atomic E-state index is 13.8. The number of methoxy groups -OCH3 is 1. The van der Waals surface area contributed by atoms with Gasteiger partial charge in [0.2, 0.25) is 0 Å². The Hall–Kier alpha value is -4.01. The Morgan fingerprint density at radius 1 is 1.12 bits per heavy atom. The van der Waals surface area contributed by atoms with Gasteiger partial charge >= 0.3 is 0 Å². The number of fused-ring (bicyclic) bond motifs is 1.